The summed E-state index contributed by atoms with van der Waals surface area (Å²) in [6.45, 7) is 0.556. The lowest BCUT2D eigenvalue weighted by Gasteiger charge is -2.02. The van der Waals surface area contributed by atoms with Crippen LogP contribution in [0.2, 0.25) is 0 Å². The van der Waals surface area contributed by atoms with Crippen LogP contribution in [-0.2, 0) is 11.2 Å². The molecule has 0 unspecified atom stereocenters. The maximum atomic E-state index is 12.0. The fourth-order valence-corrected chi connectivity index (χ4v) is 3.07. The molecular weight excluding hydrogens is 346 g/mol. The van der Waals surface area contributed by atoms with E-state index >= 15 is 0 Å². The lowest BCUT2D eigenvalue weighted by Crippen LogP contribution is -2.23. The van der Waals surface area contributed by atoms with Gasteiger partial charge in [0.2, 0.25) is 5.91 Å². The fourth-order valence-electron chi connectivity index (χ4n) is 3.07. The van der Waals surface area contributed by atoms with E-state index in [1.54, 1.807) is 6.08 Å². The van der Waals surface area contributed by atoms with Gasteiger partial charge in [-0.15, -0.1) is 0 Å². The first-order valence-electron chi connectivity index (χ1n) is 9.32. The zero-order valence-electron chi connectivity index (χ0n) is 15.5. The number of pyridine rings is 1. The summed E-state index contributed by atoms with van der Waals surface area (Å²) in [6.07, 6.45) is 8.06. The van der Waals surface area contributed by atoms with Crippen LogP contribution in [0.5, 0.6) is 0 Å². The Bertz CT molecular complexity index is 1060. The number of fused-ring (bicyclic) bond motifs is 1. The number of hydrogen-bond acceptors (Lipinski definition) is 2. The van der Waals surface area contributed by atoms with E-state index in [0.29, 0.717) is 13.0 Å². The SMILES string of the molecule is O=C(/C=C/c1ccc(-c2ccccc2)cc1)NCCc1cn2ccccc2n1. The van der Waals surface area contributed by atoms with E-state index in [4.69, 9.17) is 0 Å². The zero-order valence-corrected chi connectivity index (χ0v) is 15.5. The maximum Gasteiger partial charge on any atom is 0.244 e. The van der Waals surface area contributed by atoms with E-state index in [0.717, 1.165) is 22.5 Å². The topological polar surface area (TPSA) is 46.4 Å². The quantitative estimate of drug-likeness (QED) is 0.514. The molecule has 1 amide bonds. The van der Waals surface area contributed by atoms with Crippen LogP contribution in [0.1, 0.15) is 11.3 Å². The van der Waals surface area contributed by atoms with Gasteiger partial charge in [0, 0.05) is 31.4 Å². The normalized spacial score (nSPS) is 11.1. The molecule has 0 fully saturated rings. The van der Waals surface area contributed by atoms with Crippen LogP contribution in [0.4, 0.5) is 0 Å². The number of aromatic nitrogens is 2. The Morgan fingerprint density at radius 1 is 0.929 bits per heavy atom. The molecule has 2 aromatic carbocycles. The number of nitrogens with zero attached hydrogens (tertiary/aromatic N) is 2. The molecule has 0 aliphatic carbocycles. The molecule has 2 aromatic heterocycles. The van der Waals surface area contributed by atoms with E-state index in [1.807, 2.05) is 71.4 Å². The van der Waals surface area contributed by atoms with Gasteiger partial charge in [0.1, 0.15) is 5.65 Å². The van der Waals surface area contributed by atoms with Crippen LogP contribution in [-0.4, -0.2) is 21.8 Å². The third kappa shape index (κ3) is 4.35. The maximum absolute atomic E-state index is 12.0. The lowest BCUT2D eigenvalue weighted by molar-refractivity contribution is -0.116. The van der Waals surface area contributed by atoms with Gasteiger partial charge in [-0.3, -0.25) is 4.79 Å². The second-order valence-electron chi connectivity index (χ2n) is 6.56. The average molecular weight is 367 g/mol. The molecule has 138 valence electrons. The zero-order chi connectivity index (χ0) is 19.2. The van der Waals surface area contributed by atoms with Crippen LogP contribution in [0.25, 0.3) is 22.9 Å². The van der Waals surface area contributed by atoms with Gasteiger partial charge in [0.05, 0.1) is 5.69 Å². The molecule has 28 heavy (non-hydrogen) atoms. The standard InChI is InChI=1S/C24H21N3O/c28-24(25-16-15-22-18-27-17-5-4-8-23(27)26-22)14-11-19-9-12-21(13-10-19)20-6-2-1-3-7-20/h1-14,17-18H,15-16H2,(H,25,28)/b14-11+. The van der Waals surface area contributed by atoms with Gasteiger partial charge in [0.25, 0.3) is 0 Å². The molecule has 0 atom stereocenters. The van der Waals surface area contributed by atoms with E-state index in [1.165, 1.54) is 5.56 Å². The molecule has 0 radical (unpaired) electrons. The Morgan fingerprint density at radius 3 is 2.46 bits per heavy atom. The number of carbonyl (C=O) groups excluding carboxylic acids is 1. The fraction of sp³-hybridized carbons (Fsp3) is 0.0833. The highest BCUT2D eigenvalue weighted by atomic mass is 16.1. The molecule has 0 aliphatic heterocycles. The van der Waals surface area contributed by atoms with Crippen molar-refractivity contribution in [1.82, 2.24) is 14.7 Å². The van der Waals surface area contributed by atoms with Crippen molar-refractivity contribution in [3.8, 4) is 11.1 Å². The summed E-state index contributed by atoms with van der Waals surface area (Å²) in [5.74, 6) is -0.101. The Labute approximate surface area is 164 Å². The first-order chi connectivity index (χ1) is 13.8. The van der Waals surface area contributed by atoms with Crippen molar-refractivity contribution in [2.24, 2.45) is 0 Å². The Hall–Kier alpha value is -3.66. The van der Waals surface area contributed by atoms with Crippen molar-refractivity contribution in [2.75, 3.05) is 6.54 Å². The monoisotopic (exact) mass is 367 g/mol. The summed E-state index contributed by atoms with van der Waals surface area (Å²) in [6, 6.07) is 24.3. The van der Waals surface area contributed by atoms with E-state index in [2.05, 4.69) is 34.6 Å². The molecule has 0 saturated heterocycles. The molecule has 0 spiro atoms. The minimum Gasteiger partial charge on any atom is -0.352 e. The number of nitrogens with one attached hydrogen (secondary N) is 1. The van der Waals surface area contributed by atoms with Crippen LogP contribution in [0.3, 0.4) is 0 Å². The van der Waals surface area contributed by atoms with Crippen LogP contribution in [0, 0.1) is 0 Å². The molecule has 0 aliphatic rings. The molecule has 4 aromatic rings. The van der Waals surface area contributed by atoms with Crippen molar-refractivity contribution < 1.29 is 4.79 Å². The minimum atomic E-state index is -0.101. The van der Waals surface area contributed by atoms with E-state index < -0.39 is 0 Å². The van der Waals surface area contributed by atoms with Crippen molar-refractivity contribution in [2.45, 2.75) is 6.42 Å². The van der Waals surface area contributed by atoms with Crippen LogP contribution in [0.15, 0.2) is 91.3 Å². The Balaban J connectivity index is 1.29. The van der Waals surface area contributed by atoms with Gasteiger partial charge in [-0.2, -0.15) is 0 Å². The predicted octanol–water partition coefficient (Wildman–Crippen LogP) is 4.37. The van der Waals surface area contributed by atoms with Gasteiger partial charge in [-0.05, 0) is 34.9 Å². The third-order valence-electron chi connectivity index (χ3n) is 4.54. The number of rotatable bonds is 6. The van der Waals surface area contributed by atoms with Crippen molar-refractivity contribution in [3.63, 3.8) is 0 Å². The van der Waals surface area contributed by atoms with E-state index in [9.17, 15) is 4.79 Å². The van der Waals surface area contributed by atoms with Crippen molar-refractivity contribution >= 4 is 17.6 Å². The second-order valence-corrected chi connectivity index (χ2v) is 6.56. The number of hydrogen-bond donors (Lipinski definition) is 1. The first-order valence-corrected chi connectivity index (χ1v) is 9.32. The van der Waals surface area contributed by atoms with Gasteiger partial charge in [-0.1, -0.05) is 60.7 Å². The highest BCUT2D eigenvalue weighted by Gasteiger charge is 2.02. The third-order valence-corrected chi connectivity index (χ3v) is 4.54. The molecular formula is C24H21N3O. The van der Waals surface area contributed by atoms with Crippen molar-refractivity contribution in [1.29, 1.82) is 0 Å². The summed E-state index contributed by atoms with van der Waals surface area (Å²) in [5, 5.41) is 2.91. The number of benzene rings is 2. The van der Waals surface area contributed by atoms with Gasteiger partial charge >= 0.3 is 0 Å². The molecule has 4 heteroatoms. The minimum absolute atomic E-state index is 0.101. The lowest BCUT2D eigenvalue weighted by atomic mass is 10.0. The average Bonchev–Trinajstić information content (AvgIpc) is 3.16. The summed E-state index contributed by atoms with van der Waals surface area (Å²) in [7, 11) is 0. The molecule has 1 N–H and O–H groups in total. The smallest absolute Gasteiger partial charge is 0.244 e. The summed E-state index contributed by atoms with van der Waals surface area (Å²) < 4.78 is 1.98. The summed E-state index contributed by atoms with van der Waals surface area (Å²) in [5.41, 5.74) is 5.22. The molecule has 2 heterocycles. The van der Waals surface area contributed by atoms with Crippen molar-refractivity contribution in [3.05, 3.63) is 103 Å². The van der Waals surface area contributed by atoms with Gasteiger partial charge in [0.15, 0.2) is 0 Å². The summed E-state index contributed by atoms with van der Waals surface area (Å²) >= 11 is 0. The largest absolute Gasteiger partial charge is 0.352 e. The number of imidazole rings is 1. The Kier molecular flexibility index (Phi) is 5.29. The molecule has 0 bridgehead atoms. The van der Waals surface area contributed by atoms with Crippen LogP contribution >= 0.6 is 0 Å². The number of amides is 1. The molecule has 4 rings (SSSR count). The van der Waals surface area contributed by atoms with Crippen LogP contribution < -0.4 is 5.32 Å². The highest BCUT2D eigenvalue weighted by Crippen LogP contribution is 2.19. The van der Waals surface area contributed by atoms with E-state index in [-0.39, 0.29) is 5.91 Å². The summed E-state index contributed by atoms with van der Waals surface area (Å²) in [4.78, 5) is 16.6. The second kappa shape index (κ2) is 8.35. The highest BCUT2D eigenvalue weighted by molar-refractivity contribution is 5.91. The van der Waals surface area contributed by atoms with Gasteiger partial charge < -0.3 is 9.72 Å². The molecule has 0 saturated carbocycles. The van der Waals surface area contributed by atoms with Gasteiger partial charge in [-0.25, -0.2) is 4.98 Å². The first kappa shape index (κ1) is 17.7. The molecule has 4 nitrogen and oxygen atoms in total. The number of carbonyl (C=O) groups is 1. The Morgan fingerprint density at radius 2 is 1.68 bits per heavy atom. The predicted molar refractivity (Wildman–Crippen MR) is 113 cm³/mol.